The molecule has 6 heteroatoms. The molecule has 2 N–H and O–H groups in total. The van der Waals surface area contributed by atoms with Crippen molar-refractivity contribution in [2.24, 2.45) is 0 Å². The number of aromatic nitrogens is 3. The molecule has 0 aliphatic carbocycles. The van der Waals surface area contributed by atoms with Crippen molar-refractivity contribution in [2.45, 2.75) is 13.0 Å². The van der Waals surface area contributed by atoms with E-state index in [0.717, 1.165) is 17.9 Å². The summed E-state index contributed by atoms with van der Waals surface area (Å²) in [7, 11) is 1.60. The lowest BCUT2D eigenvalue weighted by atomic mass is 10.1. The number of hydrogen-bond acceptors (Lipinski definition) is 4. The minimum Gasteiger partial charge on any atom is -0.495 e. The Morgan fingerprint density at radius 3 is 2.94 bits per heavy atom. The fourth-order valence-electron chi connectivity index (χ4n) is 1.79. The zero-order chi connectivity index (χ0) is 13.0. The van der Waals surface area contributed by atoms with Gasteiger partial charge in [0.2, 0.25) is 0 Å². The standard InChI is InChI=1S/C12H15ClN4O/c1-3-14-11(12-15-7-16-17-12)8-4-5-9(13)10(6-8)18-2/h4-7,11,14H,3H2,1-2H3,(H,15,16,17). The summed E-state index contributed by atoms with van der Waals surface area (Å²) in [5, 5.41) is 10.7. The molecule has 0 radical (unpaired) electrons. The van der Waals surface area contributed by atoms with E-state index in [0.29, 0.717) is 10.8 Å². The van der Waals surface area contributed by atoms with Gasteiger partial charge in [-0.15, -0.1) is 0 Å². The maximum atomic E-state index is 6.02. The lowest BCUT2D eigenvalue weighted by Crippen LogP contribution is -2.23. The Balaban J connectivity index is 2.36. The van der Waals surface area contributed by atoms with Crippen molar-refractivity contribution in [3.05, 3.63) is 40.9 Å². The van der Waals surface area contributed by atoms with Crippen LogP contribution in [0.15, 0.2) is 24.5 Å². The number of ether oxygens (including phenoxy) is 1. The summed E-state index contributed by atoms with van der Waals surface area (Å²) in [4.78, 5) is 4.19. The summed E-state index contributed by atoms with van der Waals surface area (Å²) in [5.41, 5.74) is 1.02. The highest BCUT2D eigenvalue weighted by Gasteiger charge is 2.17. The molecule has 0 fully saturated rings. The van der Waals surface area contributed by atoms with E-state index < -0.39 is 0 Å². The Hall–Kier alpha value is -1.59. The molecule has 1 heterocycles. The van der Waals surface area contributed by atoms with Crippen LogP contribution >= 0.6 is 11.6 Å². The number of rotatable bonds is 5. The van der Waals surface area contributed by atoms with E-state index in [-0.39, 0.29) is 6.04 Å². The van der Waals surface area contributed by atoms with Crippen LogP contribution in [0.4, 0.5) is 0 Å². The average molecular weight is 267 g/mol. The third-order valence-corrected chi connectivity index (χ3v) is 2.94. The van der Waals surface area contributed by atoms with Gasteiger partial charge in [0.05, 0.1) is 18.2 Å². The molecular formula is C12H15ClN4O. The van der Waals surface area contributed by atoms with E-state index >= 15 is 0 Å². The van der Waals surface area contributed by atoms with Gasteiger partial charge < -0.3 is 10.1 Å². The number of methoxy groups -OCH3 is 1. The van der Waals surface area contributed by atoms with Gasteiger partial charge in [-0.1, -0.05) is 24.6 Å². The highest BCUT2D eigenvalue weighted by atomic mass is 35.5. The van der Waals surface area contributed by atoms with Gasteiger partial charge in [-0.25, -0.2) is 4.98 Å². The summed E-state index contributed by atoms with van der Waals surface area (Å²) in [6.45, 7) is 2.85. The van der Waals surface area contributed by atoms with Crippen LogP contribution in [0.3, 0.4) is 0 Å². The smallest absolute Gasteiger partial charge is 0.145 e. The quantitative estimate of drug-likeness (QED) is 0.871. The summed E-state index contributed by atoms with van der Waals surface area (Å²) in [5.74, 6) is 1.41. The molecule has 0 saturated carbocycles. The monoisotopic (exact) mass is 266 g/mol. The Bertz CT molecular complexity index is 501. The minimum atomic E-state index is -0.0522. The summed E-state index contributed by atoms with van der Waals surface area (Å²) in [6.07, 6.45) is 1.49. The Morgan fingerprint density at radius 2 is 2.33 bits per heavy atom. The molecule has 1 unspecified atom stereocenters. The lowest BCUT2D eigenvalue weighted by molar-refractivity contribution is 0.413. The van der Waals surface area contributed by atoms with Crippen LogP contribution in [0.25, 0.3) is 0 Å². The Kier molecular flexibility index (Phi) is 4.17. The predicted octanol–water partition coefficient (Wildman–Crippen LogP) is 2.17. The molecule has 1 aromatic carbocycles. The number of hydrogen-bond donors (Lipinski definition) is 2. The molecule has 96 valence electrons. The minimum absolute atomic E-state index is 0.0522. The van der Waals surface area contributed by atoms with Crippen LogP contribution in [0.2, 0.25) is 5.02 Å². The largest absolute Gasteiger partial charge is 0.495 e. The van der Waals surface area contributed by atoms with Gasteiger partial charge in [0.15, 0.2) is 0 Å². The van der Waals surface area contributed by atoms with E-state index in [4.69, 9.17) is 16.3 Å². The molecule has 2 aromatic rings. The molecule has 18 heavy (non-hydrogen) atoms. The number of nitrogens with one attached hydrogen (secondary N) is 2. The number of aromatic amines is 1. The average Bonchev–Trinajstić information content (AvgIpc) is 2.90. The number of benzene rings is 1. The van der Waals surface area contributed by atoms with Gasteiger partial charge in [-0.2, -0.15) is 5.10 Å². The number of nitrogens with zero attached hydrogens (tertiary/aromatic N) is 2. The van der Waals surface area contributed by atoms with Crippen molar-refractivity contribution in [2.75, 3.05) is 13.7 Å². The molecule has 5 nitrogen and oxygen atoms in total. The zero-order valence-corrected chi connectivity index (χ0v) is 11.0. The predicted molar refractivity (Wildman–Crippen MR) is 69.9 cm³/mol. The van der Waals surface area contributed by atoms with Gasteiger partial charge in [0, 0.05) is 0 Å². The molecule has 2 rings (SSSR count). The second kappa shape index (κ2) is 5.84. The van der Waals surface area contributed by atoms with Crippen LogP contribution in [0, 0.1) is 0 Å². The van der Waals surface area contributed by atoms with E-state index in [1.165, 1.54) is 6.33 Å². The first-order valence-corrected chi connectivity index (χ1v) is 6.06. The van der Waals surface area contributed by atoms with E-state index in [2.05, 4.69) is 20.5 Å². The first kappa shape index (κ1) is 12.9. The molecule has 0 amide bonds. The molecule has 1 aromatic heterocycles. The first-order valence-electron chi connectivity index (χ1n) is 5.68. The highest BCUT2D eigenvalue weighted by Crippen LogP contribution is 2.29. The van der Waals surface area contributed by atoms with Crippen molar-refractivity contribution in [3.63, 3.8) is 0 Å². The van der Waals surface area contributed by atoms with Gasteiger partial charge in [0.25, 0.3) is 0 Å². The van der Waals surface area contributed by atoms with E-state index in [9.17, 15) is 0 Å². The molecular weight excluding hydrogens is 252 g/mol. The van der Waals surface area contributed by atoms with E-state index in [1.54, 1.807) is 7.11 Å². The van der Waals surface area contributed by atoms with Crippen LogP contribution < -0.4 is 10.1 Å². The van der Waals surface area contributed by atoms with Crippen molar-refractivity contribution >= 4 is 11.6 Å². The van der Waals surface area contributed by atoms with Gasteiger partial charge >= 0.3 is 0 Å². The third-order valence-electron chi connectivity index (χ3n) is 2.62. The fourth-order valence-corrected chi connectivity index (χ4v) is 1.98. The van der Waals surface area contributed by atoms with Crippen molar-refractivity contribution in [1.82, 2.24) is 20.5 Å². The Morgan fingerprint density at radius 1 is 1.50 bits per heavy atom. The van der Waals surface area contributed by atoms with Crippen molar-refractivity contribution in [3.8, 4) is 5.75 Å². The van der Waals surface area contributed by atoms with Gasteiger partial charge in [0.1, 0.15) is 17.9 Å². The second-order valence-electron chi connectivity index (χ2n) is 3.76. The highest BCUT2D eigenvalue weighted by molar-refractivity contribution is 6.32. The normalized spacial score (nSPS) is 12.4. The van der Waals surface area contributed by atoms with Gasteiger partial charge in [-0.3, -0.25) is 5.10 Å². The molecule has 0 bridgehead atoms. The van der Waals surface area contributed by atoms with E-state index in [1.807, 2.05) is 25.1 Å². The molecule has 0 aliphatic heterocycles. The molecule has 1 atom stereocenters. The van der Waals surface area contributed by atoms with Gasteiger partial charge in [-0.05, 0) is 24.2 Å². The van der Waals surface area contributed by atoms with Crippen LogP contribution in [-0.2, 0) is 0 Å². The van der Waals surface area contributed by atoms with Crippen molar-refractivity contribution < 1.29 is 4.74 Å². The Labute approximate surface area is 111 Å². The first-order chi connectivity index (χ1) is 8.76. The van der Waals surface area contributed by atoms with Crippen LogP contribution in [-0.4, -0.2) is 28.8 Å². The topological polar surface area (TPSA) is 62.8 Å². The second-order valence-corrected chi connectivity index (χ2v) is 4.16. The fraction of sp³-hybridized carbons (Fsp3) is 0.333. The molecule has 0 spiro atoms. The summed E-state index contributed by atoms with van der Waals surface area (Å²) >= 11 is 6.02. The maximum absolute atomic E-state index is 6.02. The maximum Gasteiger partial charge on any atom is 0.145 e. The summed E-state index contributed by atoms with van der Waals surface area (Å²) < 4.78 is 5.23. The number of halogens is 1. The molecule has 0 aliphatic rings. The van der Waals surface area contributed by atoms with Crippen LogP contribution in [0.1, 0.15) is 24.4 Å². The molecule has 0 saturated heterocycles. The lowest BCUT2D eigenvalue weighted by Gasteiger charge is -2.16. The summed E-state index contributed by atoms with van der Waals surface area (Å²) in [6, 6.07) is 5.61. The third kappa shape index (κ3) is 2.63. The SMILES string of the molecule is CCNC(c1ccc(Cl)c(OC)c1)c1ncn[nH]1. The van der Waals surface area contributed by atoms with Crippen LogP contribution in [0.5, 0.6) is 5.75 Å². The zero-order valence-electron chi connectivity index (χ0n) is 10.3. The van der Waals surface area contributed by atoms with Crippen molar-refractivity contribution in [1.29, 1.82) is 0 Å². The number of H-pyrrole nitrogens is 1.